The number of methoxy groups -OCH3 is 1. The third kappa shape index (κ3) is 4.62. The predicted molar refractivity (Wildman–Crippen MR) is 122 cm³/mol. The molecule has 31 heavy (non-hydrogen) atoms. The molecule has 1 aliphatic rings. The molecule has 3 aromatic rings. The van der Waals surface area contributed by atoms with Gasteiger partial charge in [0.15, 0.2) is 0 Å². The first-order chi connectivity index (χ1) is 14.9. The lowest BCUT2D eigenvalue weighted by Crippen LogP contribution is -2.26. The Morgan fingerprint density at radius 2 is 1.87 bits per heavy atom. The fourth-order valence-corrected chi connectivity index (χ4v) is 4.73. The third-order valence-electron chi connectivity index (χ3n) is 4.87. The summed E-state index contributed by atoms with van der Waals surface area (Å²) in [5, 5.41) is 8.04. The van der Waals surface area contributed by atoms with Gasteiger partial charge in [-0.05, 0) is 35.2 Å². The van der Waals surface area contributed by atoms with Crippen LogP contribution in [0.2, 0.25) is 0 Å². The molecule has 160 valence electrons. The molecule has 1 unspecified atom stereocenters. The standard InChI is InChI=1S/C22H21N3O4S2/c1-29-20-7-4-3-6-17(20)19-14-18(23-25(19)22(26)21-8-5-13-30-21)15-9-11-16(12-10-15)24-31(2,27)28/h3-13,19,24H,14H2,1-2H3. The monoisotopic (exact) mass is 455 g/mol. The van der Waals surface area contributed by atoms with Crippen molar-refractivity contribution >= 4 is 38.7 Å². The van der Waals surface area contributed by atoms with E-state index in [2.05, 4.69) is 9.82 Å². The number of nitrogens with one attached hydrogen (secondary N) is 1. The highest BCUT2D eigenvalue weighted by Crippen LogP contribution is 2.38. The van der Waals surface area contributed by atoms with Crippen LogP contribution in [0.3, 0.4) is 0 Å². The molecule has 0 spiro atoms. The van der Waals surface area contributed by atoms with Gasteiger partial charge in [0.25, 0.3) is 5.91 Å². The van der Waals surface area contributed by atoms with E-state index >= 15 is 0 Å². The van der Waals surface area contributed by atoms with Crippen LogP contribution in [0.25, 0.3) is 0 Å². The summed E-state index contributed by atoms with van der Waals surface area (Å²) < 4.78 is 30.9. The zero-order valence-corrected chi connectivity index (χ0v) is 18.6. The Labute approximate surface area is 185 Å². The van der Waals surface area contributed by atoms with Crippen LogP contribution in [0.5, 0.6) is 5.75 Å². The first-order valence-corrected chi connectivity index (χ1v) is 12.3. The van der Waals surface area contributed by atoms with E-state index in [1.807, 2.05) is 35.7 Å². The van der Waals surface area contributed by atoms with Crippen LogP contribution in [0.1, 0.15) is 33.3 Å². The van der Waals surface area contributed by atoms with Gasteiger partial charge in [-0.2, -0.15) is 5.10 Å². The Morgan fingerprint density at radius 1 is 1.13 bits per heavy atom. The zero-order valence-electron chi connectivity index (χ0n) is 17.0. The number of rotatable bonds is 6. The number of para-hydroxylation sites is 1. The van der Waals surface area contributed by atoms with E-state index in [1.165, 1.54) is 16.3 Å². The second kappa shape index (κ2) is 8.52. The van der Waals surface area contributed by atoms with Gasteiger partial charge in [-0.1, -0.05) is 36.4 Å². The number of hydrazone groups is 1. The van der Waals surface area contributed by atoms with Crippen molar-refractivity contribution in [3.05, 3.63) is 82.0 Å². The normalized spacial score (nSPS) is 16.1. The van der Waals surface area contributed by atoms with Gasteiger partial charge in [-0.15, -0.1) is 11.3 Å². The molecular weight excluding hydrogens is 434 g/mol. The van der Waals surface area contributed by atoms with Gasteiger partial charge >= 0.3 is 0 Å². The highest BCUT2D eigenvalue weighted by atomic mass is 32.2. The second-order valence-corrected chi connectivity index (χ2v) is 9.78. The number of thiophene rings is 1. The van der Waals surface area contributed by atoms with Gasteiger partial charge in [0.1, 0.15) is 5.75 Å². The predicted octanol–water partition coefficient (Wildman–Crippen LogP) is 4.12. The van der Waals surface area contributed by atoms with Crippen LogP contribution < -0.4 is 9.46 Å². The van der Waals surface area contributed by atoms with Crippen LogP contribution in [0, 0.1) is 0 Å². The van der Waals surface area contributed by atoms with Gasteiger partial charge in [-0.3, -0.25) is 9.52 Å². The van der Waals surface area contributed by atoms with E-state index in [9.17, 15) is 13.2 Å². The SMILES string of the molecule is COc1ccccc1C1CC(c2ccc(NS(C)(=O)=O)cc2)=NN1C(=O)c1cccs1. The molecule has 2 aromatic carbocycles. The molecule has 4 rings (SSSR count). The third-order valence-corrected chi connectivity index (χ3v) is 6.33. The smallest absolute Gasteiger partial charge is 0.284 e. The minimum atomic E-state index is -3.35. The molecule has 1 atom stereocenters. The summed E-state index contributed by atoms with van der Waals surface area (Å²) in [6.07, 6.45) is 1.62. The molecule has 1 amide bonds. The van der Waals surface area contributed by atoms with Gasteiger partial charge < -0.3 is 4.74 Å². The number of carbonyl (C=O) groups excluding carboxylic acids is 1. The molecule has 1 aliphatic heterocycles. The van der Waals surface area contributed by atoms with E-state index in [0.717, 1.165) is 23.1 Å². The second-order valence-electron chi connectivity index (χ2n) is 7.09. The lowest BCUT2D eigenvalue weighted by atomic mass is 9.97. The van der Waals surface area contributed by atoms with Crippen LogP contribution >= 0.6 is 11.3 Å². The number of ether oxygens (including phenoxy) is 1. The summed E-state index contributed by atoms with van der Waals surface area (Å²) in [4.78, 5) is 13.8. The van der Waals surface area contributed by atoms with Crippen molar-refractivity contribution in [3.8, 4) is 5.75 Å². The number of nitrogens with zero attached hydrogens (tertiary/aromatic N) is 2. The van der Waals surface area contributed by atoms with Gasteiger partial charge in [0.05, 0.1) is 30.0 Å². The van der Waals surface area contributed by atoms with Gasteiger partial charge in [0.2, 0.25) is 10.0 Å². The topological polar surface area (TPSA) is 88.1 Å². The Morgan fingerprint density at radius 3 is 2.52 bits per heavy atom. The summed E-state index contributed by atoms with van der Waals surface area (Å²) in [5.41, 5.74) is 2.91. The van der Waals surface area contributed by atoms with E-state index in [1.54, 1.807) is 37.4 Å². The van der Waals surface area contributed by atoms with Crippen molar-refractivity contribution in [1.29, 1.82) is 0 Å². The molecule has 0 fully saturated rings. The summed E-state index contributed by atoms with van der Waals surface area (Å²) >= 11 is 1.37. The van der Waals surface area contributed by atoms with Gasteiger partial charge in [0, 0.05) is 17.7 Å². The van der Waals surface area contributed by atoms with E-state index in [-0.39, 0.29) is 11.9 Å². The molecule has 7 nitrogen and oxygen atoms in total. The highest BCUT2D eigenvalue weighted by molar-refractivity contribution is 7.92. The molecule has 1 N–H and O–H groups in total. The van der Waals surface area contributed by atoms with Crippen LogP contribution in [0.15, 0.2) is 71.1 Å². The van der Waals surface area contributed by atoms with Crippen molar-refractivity contribution in [3.63, 3.8) is 0 Å². The number of hydrogen-bond acceptors (Lipinski definition) is 6. The minimum absolute atomic E-state index is 0.170. The summed E-state index contributed by atoms with van der Waals surface area (Å²) in [6.45, 7) is 0. The number of amides is 1. The molecule has 9 heteroatoms. The lowest BCUT2D eigenvalue weighted by molar-refractivity contribution is 0.0714. The number of anilines is 1. The average molecular weight is 456 g/mol. The Kier molecular flexibility index (Phi) is 5.79. The van der Waals surface area contributed by atoms with Crippen molar-refractivity contribution in [1.82, 2.24) is 5.01 Å². The molecule has 0 saturated carbocycles. The van der Waals surface area contributed by atoms with Gasteiger partial charge in [-0.25, -0.2) is 13.4 Å². The maximum absolute atomic E-state index is 13.2. The van der Waals surface area contributed by atoms with E-state index in [0.29, 0.717) is 22.7 Å². The van der Waals surface area contributed by atoms with E-state index < -0.39 is 10.0 Å². The van der Waals surface area contributed by atoms with E-state index in [4.69, 9.17) is 4.74 Å². The van der Waals surface area contributed by atoms with Crippen LogP contribution in [-0.2, 0) is 10.0 Å². The fraction of sp³-hybridized carbons (Fsp3) is 0.182. The number of hydrogen-bond donors (Lipinski definition) is 1. The van der Waals surface area contributed by atoms with Crippen molar-refractivity contribution in [2.24, 2.45) is 5.10 Å². The summed E-state index contributed by atoms with van der Waals surface area (Å²) in [7, 11) is -1.75. The molecule has 0 bridgehead atoms. The number of carbonyl (C=O) groups is 1. The first kappa shape index (κ1) is 21.1. The quantitative estimate of drug-likeness (QED) is 0.606. The lowest BCUT2D eigenvalue weighted by Gasteiger charge is -2.23. The Bertz CT molecular complexity index is 1220. The summed E-state index contributed by atoms with van der Waals surface area (Å²) in [6, 6.07) is 17.9. The van der Waals surface area contributed by atoms with Crippen LogP contribution in [-0.4, -0.2) is 38.4 Å². The molecule has 0 radical (unpaired) electrons. The molecule has 2 heterocycles. The first-order valence-electron chi connectivity index (χ1n) is 9.51. The molecule has 0 aliphatic carbocycles. The highest BCUT2D eigenvalue weighted by Gasteiger charge is 2.35. The fourth-order valence-electron chi connectivity index (χ4n) is 3.51. The minimum Gasteiger partial charge on any atom is -0.496 e. The molecule has 0 saturated heterocycles. The molecule has 1 aromatic heterocycles. The maximum Gasteiger partial charge on any atom is 0.284 e. The largest absolute Gasteiger partial charge is 0.496 e. The average Bonchev–Trinajstić information content (AvgIpc) is 3.43. The Balaban J connectivity index is 1.69. The van der Waals surface area contributed by atoms with Crippen molar-refractivity contribution in [2.75, 3.05) is 18.1 Å². The van der Waals surface area contributed by atoms with Crippen molar-refractivity contribution < 1.29 is 17.9 Å². The number of benzene rings is 2. The number of sulfonamides is 1. The van der Waals surface area contributed by atoms with Crippen LogP contribution in [0.4, 0.5) is 5.69 Å². The van der Waals surface area contributed by atoms with Crippen molar-refractivity contribution in [2.45, 2.75) is 12.5 Å². The zero-order chi connectivity index (χ0) is 22.0. The summed E-state index contributed by atoms with van der Waals surface area (Å²) in [5.74, 6) is 0.525. The maximum atomic E-state index is 13.2. The molecular formula is C22H21N3O4S2. The Hall–Kier alpha value is -3.17.